The van der Waals surface area contributed by atoms with Crippen LogP contribution >= 0.6 is 11.6 Å². The third-order valence-corrected chi connectivity index (χ3v) is 4.50. The predicted octanol–water partition coefficient (Wildman–Crippen LogP) is 5.53. The summed E-state index contributed by atoms with van der Waals surface area (Å²) in [7, 11) is 0. The third kappa shape index (κ3) is 7.94. The van der Waals surface area contributed by atoms with Crippen LogP contribution in [0.5, 0.6) is 0 Å². The van der Waals surface area contributed by atoms with Crippen molar-refractivity contribution in [3.8, 4) is 11.3 Å². The molecule has 0 radical (unpaired) electrons. The minimum atomic E-state index is -4.52. The number of ether oxygens (including phenoxy) is 1. The van der Waals surface area contributed by atoms with Crippen molar-refractivity contribution in [2.24, 2.45) is 5.73 Å². The van der Waals surface area contributed by atoms with Crippen molar-refractivity contribution in [2.75, 3.05) is 11.5 Å². The van der Waals surface area contributed by atoms with E-state index in [9.17, 15) is 27.9 Å². The molecule has 1 amide bonds. The van der Waals surface area contributed by atoms with E-state index in [1.807, 2.05) is 0 Å². The number of carbonyl (C=O) groups excluding carboxylic acids is 1. The molecule has 0 fully saturated rings. The first-order chi connectivity index (χ1) is 16.4. The van der Waals surface area contributed by atoms with Crippen LogP contribution in [0.3, 0.4) is 0 Å². The Balaban J connectivity index is 0.000000466. The standard InChI is InChI=1S/C18H11ClF3N3O2.C5H11NO2/c19-13-3-1-2-11(10-13)15-8-9-23-16(24-15)25(17(26)27)14-6-4-12(5-7-14)18(20,21)22;1-3-8-5(7)4(2)6/h1-10H,(H,26,27);4H,3,6H2,1-2H3. The molecule has 12 heteroatoms. The number of esters is 1. The molecule has 1 heterocycles. The van der Waals surface area contributed by atoms with Gasteiger partial charge in [0.05, 0.1) is 23.6 Å². The summed E-state index contributed by atoms with van der Waals surface area (Å²) in [5, 5.41) is 9.99. The number of nitrogens with two attached hydrogens (primary N) is 1. The zero-order valence-corrected chi connectivity index (χ0v) is 19.4. The summed E-state index contributed by atoms with van der Waals surface area (Å²) in [6.07, 6.45) is -4.59. The molecule has 0 saturated heterocycles. The smallest absolute Gasteiger partial charge is 0.418 e. The van der Waals surface area contributed by atoms with E-state index in [2.05, 4.69) is 14.7 Å². The van der Waals surface area contributed by atoms with Crippen LogP contribution in [0.1, 0.15) is 19.4 Å². The van der Waals surface area contributed by atoms with Crippen LogP contribution in [-0.4, -0.2) is 39.8 Å². The summed E-state index contributed by atoms with van der Waals surface area (Å²) < 4.78 is 42.7. The van der Waals surface area contributed by atoms with Gasteiger partial charge in [0.15, 0.2) is 0 Å². The van der Waals surface area contributed by atoms with Gasteiger partial charge in [-0.3, -0.25) is 4.79 Å². The number of benzene rings is 2. The number of alkyl halides is 3. The molecule has 8 nitrogen and oxygen atoms in total. The Morgan fingerprint density at radius 2 is 1.83 bits per heavy atom. The lowest BCUT2D eigenvalue weighted by Crippen LogP contribution is -2.28. The summed E-state index contributed by atoms with van der Waals surface area (Å²) in [5.41, 5.74) is 5.31. The number of hydrogen-bond acceptors (Lipinski definition) is 6. The first-order valence-electron chi connectivity index (χ1n) is 10.2. The Morgan fingerprint density at radius 3 is 2.31 bits per heavy atom. The van der Waals surface area contributed by atoms with E-state index in [1.54, 1.807) is 44.2 Å². The first kappa shape index (κ1) is 27.5. The Bertz CT molecular complexity index is 1160. The second-order valence-corrected chi connectivity index (χ2v) is 7.39. The molecule has 3 N–H and O–H groups in total. The van der Waals surface area contributed by atoms with Crippen molar-refractivity contribution < 1.29 is 32.6 Å². The number of aromatic nitrogens is 2. The highest BCUT2D eigenvalue weighted by Crippen LogP contribution is 2.32. The van der Waals surface area contributed by atoms with Gasteiger partial charge in [0.1, 0.15) is 6.04 Å². The summed E-state index contributed by atoms with van der Waals surface area (Å²) in [6.45, 7) is 3.75. The number of hydrogen-bond donors (Lipinski definition) is 2. The molecule has 0 aliphatic rings. The normalized spacial score (nSPS) is 11.6. The largest absolute Gasteiger partial charge is 0.465 e. The molecule has 0 bridgehead atoms. The van der Waals surface area contributed by atoms with Crippen molar-refractivity contribution in [3.63, 3.8) is 0 Å². The average Bonchev–Trinajstić information content (AvgIpc) is 2.79. The SMILES string of the molecule is CCOC(=O)C(C)N.O=C(O)N(c1ccc(C(F)(F)F)cc1)c1nccc(-c2cccc(Cl)c2)n1. The molecule has 3 rings (SSSR count). The number of halogens is 4. The van der Waals surface area contributed by atoms with Gasteiger partial charge in [-0.25, -0.2) is 19.7 Å². The molecule has 1 atom stereocenters. The Labute approximate surface area is 204 Å². The van der Waals surface area contributed by atoms with Crippen LogP contribution in [0, 0.1) is 0 Å². The molecule has 0 saturated carbocycles. The first-order valence-corrected chi connectivity index (χ1v) is 10.5. The predicted molar refractivity (Wildman–Crippen MR) is 124 cm³/mol. The highest BCUT2D eigenvalue weighted by Gasteiger charge is 2.31. The highest BCUT2D eigenvalue weighted by atomic mass is 35.5. The van der Waals surface area contributed by atoms with E-state index in [0.29, 0.717) is 27.8 Å². The average molecular weight is 511 g/mol. The van der Waals surface area contributed by atoms with Gasteiger partial charge >= 0.3 is 18.2 Å². The number of carboxylic acid groups (broad SMARTS) is 1. The lowest BCUT2D eigenvalue weighted by atomic mass is 10.1. The molecule has 1 aromatic heterocycles. The number of anilines is 2. The van der Waals surface area contributed by atoms with Crippen molar-refractivity contribution in [1.82, 2.24) is 9.97 Å². The van der Waals surface area contributed by atoms with Gasteiger partial charge in [-0.05, 0) is 56.3 Å². The fourth-order valence-corrected chi connectivity index (χ4v) is 2.84. The molecule has 3 aromatic rings. The van der Waals surface area contributed by atoms with Gasteiger partial charge in [-0.2, -0.15) is 13.2 Å². The van der Waals surface area contributed by atoms with Crippen LogP contribution in [0.2, 0.25) is 5.02 Å². The fraction of sp³-hybridized carbons (Fsp3) is 0.217. The summed E-state index contributed by atoms with van der Waals surface area (Å²) in [6, 6.07) is 11.6. The summed E-state index contributed by atoms with van der Waals surface area (Å²) in [5.74, 6) is -0.535. The van der Waals surface area contributed by atoms with E-state index < -0.39 is 23.9 Å². The van der Waals surface area contributed by atoms with E-state index >= 15 is 0 Å². The molecule has 0 spiro atoms. The van der Waals surface area contributed by atoms with Gasteiger partial charge < -0.3 is 15.6 Å². The van der Waals surface area contributed by atoms with Gasteiger partial charge in [0.2, 0.25) is 5.95 Å². The van der Waals surface area contributed by atoms with E-state index in [0.717, 1.165) is 24.3 Å². The van der Waals surface area contributed by atoms with E-state index in [-0.39, 0.29) is 17.6 Å². The molecule has 0 aliphatic carbocycles. The molecule has 0 aliphatic heterocycles. The van der Waals surface area contributed by atoms with Crippen molar-refractivity contribution in [3.05, 3.63) is 71.4 Å². The minimum Gasteiger partial charge on any atom is -0.465 e. The highest BCUT2D eigenvalue weighted by molar-refractivity contribution is 6.30. The van der Waals surface area contributed by atoms with Crippen LogP contribution in [0.4, 0.5) is 29.6 Å². The van der Waals surface area contributed by atoms with Crippen LogP contribution < -0.4 is 10.6 Å². The molecular formula is C23H22ClF3N4O4. The van der Waals surface area contributed by atoms with E-state index in [4.69, 9.17) is 17.3 Å². The number of nitrogens with zero attached hydrogens (tertiary/aromatic N) is 3. The minimum absolute atomic E-state index is 0.0151. The van der Waals surface area contributed by atoms with E-state index in [1.165, 1.54) is 6.20 Å². The monoisotopic (exact) mass is 510 g/mol. The van der Waals surface area contributed by atoms with Gasteiger partial charge in [0.25, 0.3) is 0 Å². The molecule has 35 heavy (non-hydrogen) atoms. The molecule has 186 valence electrons. The zero-order valence-electron chi connectivity index (χ0n) is 18.7. The van der Waals surface area contributed by atoms with Gasteiger partial charge in [-0.1, -0.05) is 23.7 Å². The topological polar surface area (TPSA) is 119 Å². The molecular weight excluding hydrogens is 489 g/mol. The van der Waals surface area contributed by atoms with Gasteiger partial charge in [-0.15, -0.1) is 0 Å². The zero-order chi connectivity index (χ0) is 26.2. The quantitative estimate of drug-likeness (QED) is 0.433. The fourth-order valence-electron chi connectivity index (χ4n) is 2.65. The lowest BCUT2D eigenvalue weighted by molar-refractivity contribution is -0.144. The Hall–Kier alpha value is -3.70. The number of rotatable bonds is 5. The van der Waals surface area contributed by atoms with Crippen LogP contribution in [0.15, 0.2) is 60.8 Å². The van der Waals surface area contributed by atoms with Crippen LogP contribution in [-0.2, 0) is 15.7 Å². The van der Waals surface area contributed by atoms with Crippen molar-refractivity contribution in [2.45, 2.75) is 26.1 Å². The second-order valence-electron chi connectivity index (χ2n) is 6.96. The van der Waals surface area contributed by atoms with Gasteiger partial charge in [0, 0.05) is 16.8 Å². The summed E-state index contributed by atoms with van der Waals surface area (Å²) >= 11 is 5.96. The van der Waals surface area contributed by atoms with Crippen molar-refractivity contribution >= 4 is 35.3 Å². The number of amides is 1. The lowest BCUT2D eigenvalue weighted by Gasteiger charge is -2.18. The molecule has 1 unspecified atom stereocenters. The second kappa shape index (κ2) is 12.1. The maximum absolute atomic E-state index is 12.7. The maximum Gasteiger partial charge on any atom is 0.418 e. The molecule has 2 aromatic carbocycles. The summed E-state index contributed by atoms with van der Waals surface area (Å²) in [4.78, 5) is 30.9. The van der Waals surface area contributed by atoms with Crippen LogP contribution in [0.25, 0.3) is 11.3 Å². The Morgan fingerprint density at radius 1 is 1.17 bits per heavy atom. The maximum atomic E-state index is 12.7. The number of carbonyl (C=O) groups is 2. The third-order valence-electron chi connectivity index (χ3n) is 4.27. The Kier molecular flexibility index (Phi) is 9.55. The van der Waals surface area contributed by atoms with Crippen molar-refractivity contribution in [1.29, 1.82) is 0 Å².